The van der Waals surface area contributed by atoms with Crippen LogP contribution < -0.4 is 0 Å². The Morgan fingerprint density at radius 1 is 0.385 bits per heavy atom. The monoisotopic (exact) mass is 662 g/mol. The van der Waals surface area contributed by atoms with E-state index in [1.165, 1.54) is 98.7 Å². The highest BCUT2D eigenvalue weighted by molar-refractivity contribution is 6.24. The summed E-state index contributed by atoms with van der Waals surface area (Å²) in [6.07, 6.45) is 0. The molecule has 0 saturated heterocycles. The third-order valence-electron chi connectivity index (χ3n) is 11.6. The van der Waals surface area contributed by atoms with Crippen molar-refractivity contribution in [3.63, 3.8) is 0 Å². The molecule has 1 aliphatic rings. The van der Waals surface area contributed by atoms with Crippen LogP contribution in [0.5, 0.6) is 0 Å². The van der Waals surface area contributed by atoms with Gasteiger partial charge in [0.2, 0.25) is 0 Å². The van der Waals surface area contributed by atoms with E-state index in [-0.39, 0.29) is 5.41 Å². The molecule has 9 aromatic carbocycles. The third kappa shape index (κ3) is 3.99. The van der Waals surface area contributed by atoms with Crippen molar-refractivity contribution in [3.8, 4) is 44.5 Å². The SMILES string of the molecule is CC1(C)c2ccc(-c3ccc(-c4c5ccccc5c(-c5ccccc5)c5ccccc45)cc3)cc2-c2c1c1c3ccccc3oc1c1ccccc21. The number of hydrogen-bond donors (Lipinski definition) is 0. The number of hydrogen-bond acceptors (Lipinski definition) is 1. The van der Waals surface area contributed by atoms with Crippen LogP contribution in [0.2, 0.25) is 0 Å². The van der Waals surface area contributed by atoms with Crippen LogP contribution in [-0.2, 0) is 5.41 Å². The van der Waals surface area contributed by atoms with Crippen LogP contribution >= 0.6 is 0 Å². The minimum atomic E-state index is -0.185. The predicted octanol–water partition coefficient (Wildman–Crippen LogP) is 14.4. The molecule has 0 atom stereocenters. The number of furan rings is 1. The highest BCUT2D eigenvalue weighted by Gasteiger charge is 2.40. The van der Waals surface area contributed by atoms with Crippen LogP contribution in [0, 0.1) is 0 Å². The highest BCUT2D eigenvalue weighted by Crippen LogP contribution is 2.57. The molecular formula is C51H34O. The van der Waals surface area contributed by atoms with Crippen molar-refractivity contribution in [2.75, 3.05) is 0 Å². The second-order valence-corrected chi connectivity index (χ2v) is 14.8. The lowest BCUT2D eigenvalue weighted by Gasteiger charge is -2.23. The lowest BCUT2D eigenvalue weighted by Crippen LogP contribution is -2.15. The first-order valence-corrected chi connectivity index (χ1v) is 18.2. The van der Waals surface area contributed by atoms with E-state index in [9.17, 15) is 0 Å². The molecule has 244 valence electrons. The maximum Gasteiger partial charge on any atom is 0.143 e. The zero-order chi connectivity index (χ0) is 34.6. The Hall–Kier alpha value is -6.44. The van der Waals surface area contributed by atoms with Crippen LogP contribution in [0.4, 0.5) is 0 Å². The summed E-state index contributed by atoms with van der Waals surface area (Å²) in [5.41, 5.74) is 14.6. The minimum Gasteiger partial charge on any atom is -0.455 e. The van der Waals surface area contributed by atoms with Gasteiger partial charge in [-0.3, -0.25) is 0 Å². The van der Waals surface area contributed by atoms with Crippen LogP contribution in [0.25, 0.3) is 98.8 Å². The Kier molecular flexibility index (Phi) is 6.08. The van der Waals surface area contributed by atoms with Gasteiger partial charge >= 0.3 is 0 Å². The molecule has 1 aliphatic carbocycles. The van der Waals surface area contributed by atoms with E-state index in [1.54, 1.807) is 0 Å². The zero-order valence-corrected chi connectivity index (χ0v) is 29.1. The third-order valence-corrected chi connectivity index (χ3v) is 11.6. The van der Waals surface area contributed by atoms with Gasteiger partial charge in [0.25, 0.3) is 0 Å². The molecule has 1 heterocycles. The maximum absolute atomic E-state index is 6.61. The summed E-state index contributed by atoms with van der Waals surface area (Å²) in [6.45, 7) is 4.75. The van der Waals surface area contributed by atoms with Crippen molar-refractivity contribution < 1.29 is 4.42 Å². The molecule has 0 unspecified atom stereocenters. The molecule has 0 bridgehead atoms. The van der Waals surface area contributed by atoms with Crippen molar-refractivity contribution in [1.29, 1.82) is 0 Å². The van der Waals surface area contributed by atoms with E-state index in [2.05, 4.69) is 184 Å². The van der Waals surface area contributed by atoms with Crippen molar-refractivity contribution in [1.82, 2.24) is 0 Å². The van der Waals surface area contributed by atoms with E-state index in [0.29, 0.717) is 0 Å². The summed E-state index contributed by atoms with van der Waals surface area (Å²) in [6, 6.07) is 62.2. The first-order valence-electron chi connectivity index (χ1n) is 18.2. The molecule has 1 aromatic heterocycles. The molecule has 10 aromatic rings. The topological polar surface area (TPSA) is 13.1 Å². The van der Waals surface area contributed by atoms with Gasteiger partial charge < -0.3 is 4.42 Å². The molecule has 0 amide bonds. The smallest absolute Gasteiger partial charge is 0.143 e. The highest BCUT2D eigenvalue weighted by atomic mass is 16.3. The van der Waals surface area contributed by atoms with Crippen LogP contribution in [0.3, 0.4) is 0 Å². The predicted molar refractivity (Wildman–Crippen MR) is 220 cm³/mol. The molecular weight excluding hydrogens is 629 g/mol. The molecule has 1 heteroatoms. The fourth-order valence-electron chi connectivity index (χ4n) is 9.34. The summed E-state index contributed by atoms with van der Waals surface area (Å²) in [5, 5.41) is 9.95. The number of para-hydroxylation sites is 1. The molecule has 52 heavy (non-hydrogen) atoms. The van der Waals surface area contributed by atoms with Gasteiger partial charge in [-0.2, -0.15) is 0 Å². The average Bonchev–Trinajstić information content (AvgIpc) is 3.69. The molecule has 0 radical (unpaired) electrons. The van der Waals surface area contributed by atoms with Gasteiger partial charge in [-0.15, -0.1) is 0 Å². The van der Waals surface area contributed by atoms with E-state index in [4.69, 9.17) is 4.42 Å². The van der Waals surface area contributed by atoms with E-state index in [0.717, 1.165) is 11.2 Å². The second-order valence-electron chi connectivity index (χ2n) is 14.8. The largest absolute Gasteiger partial charge is 0.455 e. The number of rotatable bonds is 3. The second kappa shape index (κ2) is 10.8. The lowest BCUT2D eigenvalue weighted by molar-refractivity contribution is 0.659. The summed E-state index contributed by atoms with van der Waals surface area (Å²) >= 11 is 0. The van der Waals surface area contributed by atoms with Gasteiger partial charge in [0, 0.05) is 21.6 Å². The fraction of sp³-hybridized carbons (Fsp3) is 0.0588. The van der Waals surface area contributed by atoms with E-state index in [1.807, 2.05) is 0 Å². The molecule has 0 saturated carbocycles. The molecule has 0 spiro atoms. The maximum atomic E-state index is 6.61. The summed E-state index contributed by atoms with van der Waals surface area (Å²) in [5.74, 6) is 0. The van der Waals surface area contributed by atoms with Crippen LogP contribution in [-0.4, -0.2) is 0 Å². The van der Waals surface area contributed by atoms with Crippen molar-refractivity contribution in [3.05, 3.63) is 181 Å². The van der Waals surface area contributed by atoms with E-state index < -0.39 is 0 Å². The van der Waals surface area contributed by atoms with Gasteiger partial charge in [0.1, 0.15) is 11.2 Å². The van der Waals surface area contributed by atoms with Gasteiger partial charge in [-0.25, -0.2) is 0 Å². The first-order chi connectivity index (χ1) is 25.6. The average molecular weight is 663 g/mol. The Labute approximate surface area is 302 Å². The Morgan fingerprint density at radius 2 is 0.846 bits per heavy atom. The quantitative estimate of drug-likeness (QED) is 0.172. The van der Waals surface area contributed by atoms with Gasteiger partial charge in [-0.1, -0.05) is 172 Å². The minimum absolute atomic E-state index is 0.185. The molecule has 0 fully saturated rings. The lowest BCUT2D eigenvalue weighted by atomic mass is 9.79. The standard InChI is InChI=1S/C51H34O/c1-51(2)43-29-28-34(30-42(43)47-39-20-10-11-21-40(39)50-48(49(47)51)41-22-12-13-23-44(41)52-50)31-24-26-33(27-25-31)46-37-18-8-6-16-35(37)45(32-14-4-3-5-15-32)36-17-7-9-19-38(36)46/h3-30H,1-2H3. The molecule has 0 N–H and O–H groups in total. The molecule has 11 rings (SSSR count). The van der Waals surface area contributed by atoms with Gasteiger partial charge in [0.05, 0.1) is 0 Å². The van der Waals surface area contributed by atoms with Gasteiger partial charge in [-0.05, 0) is 94.7 Å². The normalized spacial score (nSPS) is 13.3. The Bertz CT molecular complexity index is 3010. The Balaban J connectivity index is 1.09. The van der Waals surface area contributed by atoms with E-state index >= 15 is 0 Å². The summed E-state index contributed by atoms with van der Waals surface area (Å²) < 4.78 is 6.61. The van der Waals surface area contributed by atoms with Crippen molar-refractivity contribution in [2.45, 2.75) is 19.3 Å². The first kappa shape index (κ1) is 29.3. The number of benzene rings is 9. The van der Waals surface area contributed by atoms with Crippen LogP contribution in [0.1, 0.15) is 25.0 Å². The summed E-state index contributed by atoms with van der Waals surface area (Å²) in [4.78, 5) is 0. The van der Waals surface area contributed by atoms with Crippen molar-refractivity contribution in [2.24, 2.45) is 0 Å². The number of fused-ring (bicyclic) bond motifs is 12. The van der Waals surface area contributed by atoms with Gasteiger partial charge in [0.15, 0.2) is 0 Å². The Morgan fingerprint density at radius 3 is 1.46 bits per heavy atom. The van der Waals surface area contributed by atoms with Crippen LogP contribution in [0.15, 0.2) is 174 Å². The zero-order valence-electron chi connectivity index (χ0n) is 29.1. The van der Waals surface area contributed by atoms with Crippen molar-refractivity contribution >= 4 is 54.3 Å². The molecule has 1 nitrogen and oxygen atoms in total. The fourth-order valence-corrected chi connectivity index (χ4v) is 9.34. The molecule has 0 aliphatic heterocycles. The summed E-state index contributed by atoms with van der Waals surface area (Å²) in [7, 11) is 0.